The highest BCUT2D eigenvalue weighted by atomic mass is 16.2. The summed E-state index contributed by atoms with van der Waals surface area (Å²) >= 11 is 0. The molecule has 1 aliphatic rings. The standard InChI is InChI=1S/C20H24N2O/c1-4-21(5-2)14-20(23)22-18-12-8-6-10-16(18)15(3)17-11-7-9-13-19(17)22/h6-13,15H,4-5,14H2,1-3H3. The lowest BCUT2D eigenvalue weighted by molar-refractivity contribution is -0.119. The lowest BCUT2D eigenvalue weighted by Gasteiger charge is -2.36. The van der Waals surface area contributed by atoms with Crippen molar-refractivity contribution in [2.75, 3.05) is 24.5 Å². The van der Waals surface area contributed by atoms with Crippen molar-refractivity contribution in [2.45, 2.75) is 26.7 Å². The van der Waals surface area contributed by atoms with Crippen molar-refractivity contribution in [1.82, 2.24) is 4.90 Å². The van der Waals surface area contributed by atoms with Crippen LogP contribution in [0.3, 0.4) is 0 Å². The third-order valence-electron chi connectivity index (χ3n) is 4.79. The monoisotopic (exact) mass is 308 g/mol. The molecule has 0 bridgehead atoms. The van der Waals surface area contributed by atoms with Crippen LogP contribution in [-0.4, -0.2) is 30.4 Å². The Morgan fingerprint density at radius 3 is 1.91 bits per heavy atom. The molecule has 0 saturated heterocycles. The number of fused-ring (bicyclic) bond motifs is 2. The number of hydrogen-bond donors (Lipinski definition) is 0. The van der Waals surface area contributed by atoms with Crippen LogP contribution < -0.4 is 4.90 Å². The number of nitrogens with zero attached hydrogens (tertiary/aromatic N) is 2. The second-order valence-electron chi connectivity index (χ2n) is 6.03. The minimum absolute atomic E-state index is 0.139. The number of para-hydroxylation sites is 2. The fourth-order valence-corrected chi connectivity index (χ4v) is 3.39. The molecule has 1 amide bonds. The van der Waals surface area contributed by atoms with E-state index in [0.717, 1.165) is 24.5 Å². The number of rotatable bonds is 4. The highest BCUT2D eigenvalue weighted by Gasteiger charge is 2.31. The van der Waals surface area contributed by atoms with Crippen LogP contribution >= 0.6 is 0 Å². The maximum absolute atomic E-state index is 13.0. The van der Waals surface area contributed by atoms with Crippen molar-refractivity contribution in [3.8, 4) is 0 Å². The summed E-state index contributed by atoms with van der Waals surface area (Å²) in [7, 11) is 0. The Labute approximate surface area is 138 Å². The zero-order valence-electron chi connectivity index (χ0n) is 14.1. The van der Waals surface area contributed by atoms with Gasteiger partial charge in [0, 0.05) is 5.92 Å². The van der Waals surface area contributed by atoms with Crippen LogP contribution in [0.2, 0.25) is 0 Å². The van der Waals surface area contributed by atoms with E-state index in [9.17, 15) is 4.79 Å². The van der Waals surface area contributed by atoms with Crippen molar-refractivity contribution in [3.05, 3.63) is 59.7 Å². The summed E-state index contributed by atoms with van der Waals surface area (Å²) in [5, 5.41) is 0. The molecule has 23 heavy (non-hydrogen) atoms. The average Bonchev–Trinajstić information content (AvgIpc) is 2.60. The lowest BCUT2D eigenvalue weighted by Crippen LogP contribution is -2.40. The number of anilines is 2. The molecule has 3 heteroatoms. The number of carbonyl (C=O) groups excluding carboxylic acids is 1. The Balaban J connectivity index is 2.06. The molecule has 1 aliphatic heterocycles. The van der Waals surface area contributed by atoms with Gasteiger partial charge < -0.3 is 0 Å². The van der Waals surface area contributed by atoms with E-state index in [1.807, 2.05) is 17.0 Å². The normalized spacial score (nSPS) is 13.8. The number of hydrogen-bond acceptors (Lipinski definition) is 2. The Morgan fingerprint density at radius 2 is 1.43 bits per heavy atom. The molecule has 2 aromatic rings. The summed E-state index contributed by atoms with van der Waals surface area (Å²) in [5.74, 6) is 0.445. The van der Waals surface area contributed by atoms with Crippen LogP contribution in [0.4, 0.5) is 11.4 Å². The van der Waals surface area contributed by atoms with E-state index in [2.05, 4.69) is 62.1 Å². The predicted octanol–water partition coefficient (Wildman–Crippen LogP) is 4.16. The summed E-state index contributed by atoms with van der Waals surface area (Å²) in [6.45, 7) is 8.62. The van der Waals surface area contributed by atoms with Crippen LogP contribution in [0.5, 0.6) is 0 Å². The second kappa shape index (κ2) is 6.55. The molecule has 0 radical (unpaired) electrons. The maximum atomic E-state index is 13.0. The van der Waals surface area contributed by atoms with Crippen LogP contribution in [0.15, 0.2) is 48.5 Å². The summed E-state index contributed by atoms with van der Waals surface area (Å²) in [5.41, 5.74) is 4.49. The van der Waals surface area contributed by atoms with E-state index in [-0.39, 0.29) is 5.91 Å². The van der Waals surface area contributed by atoms with Crippen LogP contribution in [0, 0.1) is 0 Å². The van der Waals surface area contributed by atoms with Gasteiger partial charge in [-0.3, -0.25) is 14.6 Å². The first kappa shape index (κ1) is 15.8. The molecule has 1 heterocycles. The van der Waals surface area contributed by atoms with Gasteiger partial charge in [-0.05, 0) is 36.3 Å². The van der Waals surface area contributed by atoms with Crippen molar-refractivity contribution in [3.63, 3.8) is 0 Å². The molecule has 0 saturated carbocycles. The molecule has 0 spiro atoms. The average molecular weight is 308 g/mol. The molecular formula is C20H24N2O. The predicted molar refractivity (Wildman–Crippen MR) is 95.3 cm³/mol. The van der Waals surface area contributed by atoms with Gasteiger partial charge in [-0.2, -0.15) is 0 Å². The fraction of sp³-hybridized carbons (Fsp3) is 0.350. The van der Waals surface area contributed by atoms with Crippen molar-refractivity contribution >= 4 is 17.3 Å². The van der Waals surface area contributed by atoms with Crippen LogP contribution in [-0.2, 0) is 4.79 Å². The minimum Gasteiger partial charge on any atom is -0.295 e. The van der Waals surface area contributed by atoms with E-state index in [1.165, 1.54) is 11.1 Å². The largest absolute Gasteiger partial charge is 0.295 e. The molecule has 0 atom stereocenters. The van der Waals surface area contributed by atoms with E-state index < -0.39 is 0 Å². The summed E-state index contributed by atoms with van der Waals surface area (Å²) in [6, 6.07) is 16.5. The van der Waals surface area contributed by atoms with Gasteiger partial charge in [0.1, 0.15) is 0 Å². The second-order valence-corrected chi connectivity index (χ2v) is 6.03. The summed E-state index contributed by atoms with van der Waals surface area (Å²) in [6.07, 6.45) is 0. The maximum Gasteiger partial charge on any atom is 0.245 e. The van der Waals surface area contributed by atoms with Gasteiger partial charge in [-0.1, -0.05) is 57.2 Å². The number of carbonyl (C=O) groups is 1. The Morgan fingerprint density at radius 1 is 0.957 bits per heavy atom. The fourth-order valence-electron chi connectivity index (χ4n) is 3.39. The first-order valence-corrected chi connectivity index (χ1v) is 8.40. The number of amides is 1. The molecule has 0 aliphatic carbocycles. The Kier molecular flexibility index (Phi) is 4.49. The van der Waals surface area contributed by atoms with Crippen molar-refractivity contribution in [1.29, 1.82) is 0 Å². The topological polar surface area (TPSA) is 23.6 Å². The van der Waals surface area contributed by atoms with Crippen molar-refractivity contribution < 1.29 is 4.79 Å². The molecule has 3 nitrogen and oxygen atoms in total. The van der Waals surface area contributed by atoms with E-state index >= 15 is 0 Å². The van der Waals surface area contributed by atoms with E-state index in [4.69, 9.17) is 0 Å². The summed E-state index contributed by atoms with van der Waals surface area (Å²) < 4.78 is 0. The van der Waals surface area contributed by atoms with Gasteiger partial charge in [0.15, 0.2) is 0 Å². The molecule has 3 rings (SSSR count). The van der Waals surface area contributed by atoms with Crippen molar-refractivity contribution in [2.24, 2.45) is 0 Å². The molecule has 0 fully saturated rings. The first-order valence-electron chi connectivity index (χ1n) is 8.40. The SMILES string of the molecule is CCN(CC)CC(=O)N1c2ccccc2C(C)c2ccccc21. The van der Waals surface area contributed by atoms with Crippen LogP contribution in [0.1, 0.15) is 37.8 Å². The molecule has 0 N–H and O–H groups in total. The van der Waals surface area contributed by atoms with Gasteiger partial charge in [0.2, 0.25) is 5.91 Å². The van der Waals surface area contributed by atoms with Gasteiger partial charge in [-0.25, -0.2) is 0 Å². The zero-order valence-corrected chi connectivity index (χ0v) is 14.1. The summed E-state index contributed by atoms with van der Waals surface area (Å²) in [4.78, 5) is 17.1. The highest BCUT2D eigenvalue weighted by Crippen LogP contribution is 2.44. The third-order valence-corrected chi connectivity index (χ3v) is 4.79. The molecule has 0 aromatic heterocycles. The Hall–Kier alpha value is -2.13. The van der Waals surface area contributed by atoms with Gasteiger partial charge in [0.05, 0.1) is 17.9 Å². The molecule has 120 valence electrons. The minimum atomic E-state index is 0.139. The molecule has 0 unspecified atom stereocenters. The quantitative estimate of drug-likeness (QED) is 0.847. The first-order chi connectivity index (χ1) is 11.2. The number of benzene rings is 2. The smallest absolute Gasteiger partial charge is 0.245 e. The zero-order chi connectivity index (χ0) is 16.4. The Bertz CT molecular complexity index is 659. The van der Waals surface area contributed by atoms with E-state index in [1.54, 1.807) is 0 Å². The molecular weight excluding hydrogens is 284 g/mol. The van der Waals surface area contributed by atoms with E-state index in [0.29, 0.717) is 12.5 Å². The van der Waals surface area contributed by atoms with Crippen LogP contribution in [0.25, 0.3) is 0 Å². The number of likely N-dealkylation sites (N-methyl/N-ethyl adjacent to an activating group) is 1. The van der Waals surface area contributed by atoms with Gasteiger partial charge in [-0.15, -0.1) is 0 Å². The lowest BCUT2D eigenvalue weighted by atomic mass is 9.86. The molecule has 2 aromatic carbocycles. The highest BCUT2D eigenvalue weighted by molar-refractivity contribution is 6.04. The van der Waals surface area contributed by atoms with Gasteiger partial charge >= 0.3 is 0 Å². The third kappa shape index (κ3) is 2.77. The van der Waals surface area contributed by atoms with Gasteiger partial charge in [0.25, 0.3) is 0 Å².